The molecule has 1 saturated heterocycles. The van der Waals surface area contributed by atoms with Crippen molar-refractivity contribution in [1.82, 2.24) is 0 Å². The van der Waals surface area contributed by atoms with E-state index in [1.165, 1.54) is 0 Å². The van der Waals surface area contributed by atoms with Crippen LogP contribution in [0.4, 0.5) is 4.79 Å². The molecule has 0 aromatic carbocycles. The molecule has 0 aromatic heterocycles. The Morgan fingerprint density at radius 3 is 2.61 bits per heavy atom. The molecule has 7 nitrogen and oxygen atoms in total. The number of aliphatic hydroxyl groups excluding tert-OH is 3. The zero-order valence-corrected chi connectivity index (χ0v) is 10.3. The quantitative estimate of drug-likeness (QED) is 0.467. The number of hydrogen-bond donors (Lipinski definition) is 3. The molecule has 0 amide bonds. The topological polar surface area (TPSA) is 105 Å². The number of ether oxygens (including phenoxy) is 3. The first-order valence-electron chi connectivity index (χ1n) is 5.54. The van der Waals surface area contributed by atoms with E-state index in [0.29, 0.717) is 0 Å². The fourth-order valence-electron chi connectivity index (χ4n) is 1.29. The van der Waals surface area contributed by atoms with Crippen LogP contribution in [0.25, 0.3) is 0 Å². The van der Waals surface area contributed by atoms with Gasteiger partial charge >= 0.3 is 6.16 Å². The molecule has 4 atom stereocenters. The van der Waals surface area contributed by atoms with E-state index in [2.05, 4.69) is 4.74 Å². The van der Waals surface area contributed by atoms with Gasteiger partial charge in [-0.25, -0.2) is 4.79 Å². The van der Waals surface area contributed by atoms with Crippen LogP contribution in [-0.4, -0.2) is 59.3 Å². The third kappa shape index (κ3) is 4.26. The average molecular weight is 262 g/mol. The van der Waals surface area contributed by atoms with Gasteiger partial charge in [-0.1, -0.05) is 5.57 Å². The fourth-order valence-corrected chi connectivity index (χ4v) is 1.29. The van der Waals surface area contributed by atoms with Gasteiger partial charge in [-0.05, 0) is 19.9 Å². The van der Waals surface area contributed by atoms with Gasteiger partial charge in [-0.15, -0.1) is 0 Å². The molecule has 18 heavy (non-hydrogen) atoms. The van der Waals surface area contributed by atoms with Crippen molar-refractivity contribution in [1.29, 1.82) is 0 Å². The minimum absolute atomic E-state index is 0.0508. The third-order valence-corrected chi connectivity index (χ3v) is 2.36. The predicted octanol–water partition coefficient (Wildman–Crippen LogP) is -0.455. The summed E-state index contributed by atoms with van der Waals surface area (Å²) in [7, 11) is 0. The van der Waals surface area contributed by atoms with E-state index in [4.69, 9.17) is 9.47 Å². The summed E-state index contributed by atoms with van der Waals surface area (Å²) in [6, 6.07) is 0. The largest absolute Gasteiger partial charge is 0.511 e. The van der Waals surface area contributed by atoms with E-state index in [0.717, 1.165) is 5.57 Å². The first kappa shape index (κ1) is 14.9. The van der Waals surface area contributed by atoms with Gasteiger partial charge in [0.05, 0.1) is 6.61 Å². The van der Waals surface area contributed by atoms with E-state index in [9.17, 15) is 20.1 Å². The van der Waals surface area contributed by atoms with Crippen molar-refractivity contribution in [2.45, 2.75) is 38.4 Å². The standard InChI is InChI=1S/C11H18O7/c1-6(2)3-4-16-11(15)18-10-9(14)8(13)7(12)5-17-10/h3,7-10,12-14H,4-5H2,1-2H3/t7-,8+,9-,10?/m1/s1. The summed E-state index contributed by atoms with van der Waals surface area (Å²) in [4.78, 5) is 11.2. The summed E-state index contributed by atoms with van der Waals surface area (Å²) < 4.78 is 14.2. The molecule has 1 fully saturated rings. The minimum atomic E-state index is -1.51. The number of carbonyl (C=O) groups is 1. The summed E-state index contributed by atoms with van der Waals surface area (Å²) >= 11 is 0. The number of hydrogen-bond acceptors (Lipinski definition) is 7. The van der Waals surface area contributed by atoms with E-state index >= 15 is 0 Å². The van der Waals surface area contributed by atoms with Gasteiger partial charge in [0.2, 0.25) is 6.29 Å². The van der Waals surface area contributed by atoms with E-state index in [1.54, 1.807) is 6.08 Å². The van der Waals surface area contributed by atoms with Crippen LogP contribution in [0.15, 0.2) is 11.6 Å². The van der Waals surface area contributed by atoms with Crippen LogP contribution in [0, 0.1) is 0 Å². The second-order valence-corrected chi connectivity index (χ2v) is 4.21. The predicted molar refractivity (Wildman–Crippen MR) is 59.6 cm³/mol. The lowest BCUT2D eigenvalue weighted by atomic mass is 10.1. The van der Waals surface area contributed by atoms with E-state index in [-0.39, 0.29) is 13.2 Å². The van der Waals surface area contributed by atoms with Gasteiger partial charge in [0.1, 0.15) is 24.9 Å². The second-order valence-electron chi connectivity index (χ2n) is 4.21. The summed E-state index contributed by atoms with van der Waals surface area (Å²) in [6.07, 6.45) is -4.82. The molecule has 104 valence electrons. The van der Waals surface area contributed by atoms with Crippen LogP contribution in [0.1, 0.15) is 13.8 Å². The van der Waals surface area contributed by atoms with Gasteiger partial charge in [-0.3, -0.25) is 0 Å². The highest BCUT2D eigenvalue weighted by atomic mass is 16.8. The number of allylic oxidation sites excluding steroid dienone is 1. The Balaban J connectivity index is 2.38. The summed E-state index contributed by atoms with van der Waals surface area (Å²) in [6.45, 7) is 3.51. The third-order valence-electron chi connectivity index (χ3n) is 2.36. The van der Waals surface area contributed by atoms with Crippen molar-refractivity contribution >= 4 is 6.16 Å². The maximum Gasteiger partial charge on any atom is 0.511 e. The molecule has 7 heteroatoms. The maximum atomic E-state index is 11.2. The minimum Gasteiger partial charge on any atom is -0.430 e. The zero-order valence-electron chi connectivity index (χ0n) is 10.3. The Morgan fingerprint density at radius 2 is 2.00 bits per heavy atom. The molecule has 0 spiro atoms. The van der Waals surface area contributed by atoms with Crippen LogP contribution in [-0.2, 0) is 14.2 Å². The van der Waals surface area contributed by atoms with Gasteiger partial charge < -0.3 is 29.5 Å². The highest BCUT2D eigenvalue weighted by molar-refractivity contribution is 5.60. The number of carbonyl (C=O) groups excluding carboxylic acids is 1. The molecule has 0 aromatic rings. The zero-order chi connectivity index (χ0) is 13.7. The second kappa shape index (κ2) is 6.69. The lowest BCUT2D eigenvalue weighted by Crippen LogP contribution is -2.54. The van der Waals surface area contributed by atoms with Crippen molar-refractivity contribution in [2.24, 2.45) is 0 Å². The van der Waals surface area contributed by atoms with Crippen molar-refractivity contribution in [3.8, 4) is 0 Å². The lowest BCUT2D eigenvalue weighted by molar-refractivity contribution is -0.255. The van der Waals surface area contributed by atoms with Crippen LogP contribution in [0.5, 0.6) is 0 Å². The molecule has 0 radical (unpaired) electrons. The monoisotopic (exact) mass is 262 g/mol. The van der Waals surface area contributed by atoms with Crippen molar-refractivity contribution < 1.29 is 34.3 Å². The Kier molecular flexibility index (Phi) is 5.54. The summed E-state index contributed by atoms with van der Waals surface area (Å²) in [5.74, 6) is 0. The van der Waals surface area contributed by atoms with Crippen LogP contribution in [0.2, 0.25) is 0 Å². The Morgan fingerprint density at radius 1 is 1.33 bits per heavy atom. The molecule has 1 aliphatic heterocycles. The van der Waals surface area contributed by atoms with Crippen molar-refractivity contribution in [2.75, 3.05) is 13.2 Å². The maximum absolute atomic E-state index is 11.2. The van der Waals surface area contributed by atoms with Crippen LogP contribution >= 0.6 is 0 Å². The van der Waals surface area contributed by atoms with Gasteiger partial charge in [0, 0.05) is 0 Å². The lowest BCUT2D eigenvalue weighted by Gasteiger charge is -2.33. The number of aliphatic hydroxyl groups is 3. The SMILES string of the molecule is CC(C)=CCOC(=O)OC1OC[C@@H](O)[C@H](O)[C@H]1O. The summed E-state index contributed by atoms with van der Waals surface area (Å²) in [5.41, 5.74) is 0.982. The van der Waals surface area contributed by atoms with E-state index in [1.807, 2.05) is 13.8 Å². The first-order chi connectivity index (χ1) is 8.41. The van der Waals surface area contributed by atoms with Gasteiger partial charge in [0.15, 0.2) is 0 Å². The van der Waals surface area contributed by atoms with Crippen LogP contribution in [0.3, 0.4) is 0 Å². The molecule has 1 rings (SSSR count). The Labute approximate surface area is 105 Å². The van der Waals surface area contributed by atoms with Crippen molar-refractivity contribution in [3.05, 3.63) is 11.6 Å². The Bertz CT molecular complexity index is 311. The van der Waals surface area contributed by atoms with E-state index < -0.39 is 30.8 Å². The van der Waals surface area contributed by atoms with Crippen molar-refractivity contribution in [3.63, 3.8) is 0 Å². The van der Waals surface area contributed by atoms with Gasteiger partial charge in [-0.2, -0.15) is 0 Å². The average Bonchev–Trinajstić information content (AvgIpc) is 2.29. The Hall–Kier alpha value is -1.15. The molecular weight excluding hydrogens is 244 g/mol. The summed E-state index contributed by atoms with van der Waals surface area (Å²) in [5, 5.41) is 28.0. The molecule has 1 unspecified atom stereocenters. The molecular formula is C11H18O7. The normalized spacial score (nSPS) is 31.6. The first-order valence-corrected chi connectivity index (χ1v) is 5.54. The highest BCUT2D eigenvalue weighted by Crippen LogP contribution is 2.17. The fraction of sp³-hybridized carbons (Fsp3) is 0.727. The molecule has 3 N–H and O–H groups in total. The molecule has 1 aliphatic rings. The van der Waals surface area contributed by atoms with Crippen LogP contribution < -0.4 is 0 Å². The molecule has 0 aliphatic carbocycles. The number of rotatable bonds is 3. The highest BCUT2D eigenvalue weighted by Gasteiger charge is 2.40. The molecule has 0 saturated carbocycles. The van der Waals surface area contributed by atoms with Gasteiger partial charge in [0.25, 0.3) is 0 Å². The smallest absolute Gasteiger partial charge is 0.430 e. The molecule has 1 heterocycles. The molecule has 0 bridgehead atoms.